The van der Waals surface area contributed by atoms with Crippen molar-refractivity contribution in [3.05, 3.63) is 70.8 Å². The molecule has 0 aliphatic heterocycles. The minimum Gasteiger partial charge on any atom is -0.346 e. The van der Waals surface area contributed by atoms with E-state index in [1.165, 1.54) is 17.5 Å². The fraction of sp³-hybridized carbons (Fsp3) is 0.278. The average molecular weight is 265 g/mol. The highest BCUT2D eigenvalue weighted by molar-refractivity contribution is 5.94. The molecule has 3 rings (SSSR count). The molecular formula is C18H19NO. The summed E-state index contributed by atoms with van der Waals surface area (Å²) in [6.45, 7) is 2.01. The molecule has 0 radical (unpaired) electrons. The standard InChI is InChI=1S/C18H19NO/c1-13(14-6-3-2-4-7-14)19-18(20)17-11-10-15-8-5-9-16(15)12-17/h2-4,6-7,10-13H,5,8-9H2,1H3,(H,19,20)/t13-/m0/s1. The van der Waals surface area contributed by atoms with Gasteiger partial charge in [0, 0.05) is 5.56 Å². The van der Waals surface area contributed by atoms with Gasteiger partial charge in [0.2, 0.25) is 0 Å². The maximum atomic E-state index is 12.3. The van der Waals surface area contributed by atoms with Crippen molar-refractivity contribution in [3.8, 4) is 0 Å². The molecule has 102 valence electrons. The third-order valence-corrected chi connectivity index (χ3v) is 4.01. The molecule has 2 aromatic carbocycles. The lowest BCUT2D eigenvalue weighted by Gasteiger charge is -2.14. The molecule has 20 heavy (non-hydrogen) atoms. The molecule has 0 aromatic heterocycles. The maximum Gasteiger partial charge on any atom is 0.251 e. The van der Waals surface area contributed by atoms with Crippen molar-refractivity contribution in [2.75, 3.05) is 0 Å². The SMILES string of the molecule is C[C@H](NC(=O)c1ccc2c(c1)CCC2)c1ccccc1. The van der Waals surface area contributed by atoms with E-state index < -0.39 is 0 Å². The van der Waals surface area contributed by atoms with Gasteiger partial charge < -0.3 is 5.32 Å². The molecule has 0 heterocycles. The van der Waals surface area contributed by atoms with E-state index in [1.54, 1.807) is 0 Å². The van der Waals surface area contributed by atoms with E-state index in [-0.39, 0.29) is 11.9 Å². The van der Waals surface area contributed by atoms with E-state index in [0.29, 0.717) is 0 Å². The van der Waals surface area contributed by atoms with Crippen LogP contribution in [0.2, 0.25) is 0 Å². The second-order valence-corrected chi connectivity index (χ2v) is 5.44. The van der Waals surface area contributed by atoms with Gasteiger partial charge in [-0.1, -0.05) is 36.4 Å². The fourth-order valence-corrected chi connectivity index (χ4v) is 2.82. The first-order valence-corrected chi connectivity index (χ1v) is 7.21. The van der Waals surface area contributed by atoms with Gasteiger partial charge in [-0.2, -0.15) is 0 Å². The molecular weight excluding hydrogens is 246 g/mol. The van der Waals surface area contributed by atoms with E-state index in [2.05, 4.69) is 17.4 Å². The Morgan fingerprint density at radius 1 is 1.05 bits per heavy atom. The van der Waals surface area contributed by atoms with Crippen LogP contribution in [0.25, 0.3) is 0 Å². The van der Waals surface area contributed by atoms with Gasteiger partial charge in [0.05, 0.1) is 6.04 Å². The minimum atomic E-state index is 0.0102. The molecule has 2 aromatic rings. The van der Waals surface area contributed by atoms with E-state index >= 15 is 0 Å². The van der Waals surface area contributed by atoms with Crippen molar-refractivity contribution in [2.45, 2.75) is 32.2 Å². The van der Waals surface area contributed by atoms with Crippen LogP contribution in [-0.2, 0) is 12.8 Å². The van der Waals surface area contributed by atoms with Gasteiger partial charge in [-0.05, 0) is 55.0 Å². The number of rotatable bonds is 3. The molecule has 1 aliphatic rings. The molecule has 2 heteroatoms. The van der Waals surface area contributed by atoms with Gasteiger partial charge in [0.1, 0.15) is 0 Å². The lowest BCUT2D eigenvalue weighted by molar-refractivity contribution is 0.0940. The van der Waals surface area contributed by atoms with Crippen molar-refractivity contribution in [3.63, 3.8) is 0 Å². The number of carbonyl (C=O) groups excluding carboxylic acids is 1. The Hall–Kier alpha value is -2.09. The number of aryl methyl sites for hydroxylation is 2. The van der Waals surface area contributed by atoms with Crippen LogP contribution in [0.3, 0.4) is 0 Å². The van der Waals surface area contributed by atoms with Gasteiger partial charge in [-0.25, -0.2) is 0 Å². The summed E-state index contributed by atoms with van der Waals surface area (Å²) in [5, 5.41) is 3.06. The summed E-state index contributed by atoms with van der Waals surface area (Å²) in [7, 11) is 0. The van der Waals surface area contributed by atoms with Crippen molar-refractivity contribution in [1.82, 2.24) is 5.32 Å². The maximum absolute atomic E-state index is 12.3. The van der Waals surface area contributed by atoms with E-state index in [0.717, 1.165) is 24.0 Å². The van der Waals surface area contributed by atoms with Gasteiger partial charge in [-0.3, -0.25) is 4.79 Å². The Kier molecular flexibility index (Phi) is 3.55. The van der Waals surface area contributed by atoms with Gasteiger partial charge in [0.25, 0.3) is 5.91 Å². The number of hydrogen-bond acceptors (Lipinski definition) is 1. The predicted molar refractivity (Wildman–Crippen MR) is 80.8 cm³/mol. The van der Waals surface area contributed by atoms with Crippen LogP contribution in [0.5, 0.6) is 0 Å². The molecule has 1 atom stereocenters. The summed E-state index contributed by atoms with van der Waals surface area (Å²) in [5.41, 5.74) is 4.64. The molecule has 0 fully saturated rings. The molecule has 0 saturated heterocycles. The largest absolute Gasteiger partial charge is 0.346 e. The summed E-state index contributed by atoms with van der Waals surface area (Å²) >= 11 is 0. The van der Waals surface area contributed by atoms with Gasteiger partial charge >= 0.3 is 0 Å². The Morgan fingerprint density at radius 3 is 2.60 bits per heavy atom. The summed E-state index contributed by atoms with van der Waals surface area (Å²) < 4.78 is 0. The van der Waals surface area contributed by atoms with Crippen molar-refractivity contribution >= 4 is 5.91 Å². The third-order valence-electron chi connectivity index (χ3n) is 4.01. The van der Waals surface area contributed by atoms with Gasteiger partial charge in [0.15, 0.2) is 0 Å². The molecule has 0 bridgehead atoms. The normalized spacial score (nSPS) is 14.7. The predicted octanol–water partition coefficient (Wildman–Crippen LogP) is 3.67. The topological polar surface area (TPSA) is 29.1 Å². The Bertz CT molecular complexity index is 619. The number of amides is 1. The summed E-state index contributed by atoms with van der Waals surface area (Å²) in [6, 6.07) is 16.2. The zero-order valence-electron chi connectivity index (χ0n) is 11.7. The first kappa shape index (κ1) is 12.9. The van der Waals surface area contributed by atoms with E-state index in [1.807, 2.05) is 43.3 Å². The van der Waals surface area contributed by atoms with Crippen LogP contribution in [0.4, 0.5) is 0 Å². The highest BCUT2D eigenvalue weighted by Crippen LogP contribution is 2.23. The monoisotopic (exact) mass is 265 g/mol. The van der Waals surface area contributed by atoms with Crippen LogP contribution in [0, 0.1) is 0 Å². The third kappa shape index (κ3) is 2.60. The zero-order chi connectivity index (χ0) is 13.9. The van der Waals surface area contributed by atoms with Gasteiger partial charge in [-0.15, -0.1) is 0 Å². The van der Waals surface area contributed by atoms with Crippen LogP contribution in [0.1, 0.15) is 46.4 Å². The highest BCUT2D eigenvalue weighted by atomic mass is 16.1. The summed E-state index contributed by atoms with van der Waals surface area (Å²) in [4.78, 5) is 12.3. The van der Waals surface area contributed by atoms with E-state index in [9.17, 15) is 4.79 Å². The zero-order valence-corrected chi connectivity index (χ0v) is 11.7. The van der Waals surface area contributed by atoms with Crippen LogP contribution in [0.15, 0.2) is 48.5 Å². The molecule has 2 nitrogen and oxygen atoms in total. The number of fused-ring (bicyclic) bond motifs is 1. The smallest absolute Gasteiger partial charge is 0.251 e. The number of carbonyl (C=O) groups is 1. The van der Waals surface area contributed by atoms with Crippen LogP contribution in [-0.4, -0.2) is 5.91 Å². The summed E-state index contributed by atoms with van der Waals surface area (Å²) in [5.74, 6) is 0.0102. The summed E-state index contributed by atoms with van der Waals surface area (Å²) in [6.07, 6.45) is 3.46. The first-order chi connectivity index (χ1) is 9.74. The Morgan fingerprint density at radius 2 is 1.80 bits per heavy atom. The number of hydrogen-bond donors (Lipinski definition) is 1. The number of benzene rings is 2. The fourth-order valence-electron chi connectivity index (χ4n) is 2.82. The molecule has 0 spiro atoms. The van der Waals surface area contributed by atoms with Crippen molar-refractivity contribution in [1.29, 1.82) is 0 Å². The van der Waals surface area contributed by atoms with Crippen molar-refractivity contribution < 1.29 is 4.79 Å². The molecule has 1 aliphatic carbocycles. The molecule has 1 amide bonds. The van der Waals surface area contributed by atoms with Crippen molar-refractivity contribution in [2.24, 2.45) is 0 Å². The van der Waals surface area contributed by atoms with Crippen LogP contribution >= 0.6 is 0 Å². The quantitative estimate of drug-likeness (QED) is 0.901. The second-order valence-electron chi connectivity index (χ2n) is 5.44. The minimum absolute atomic E-state index is 0.0102. The highest BCUT2D eigenvalue weighted by Gasteiger charge is 2.15. The lowest BCUT2D eigenvalue weighted by atomic mass is 10.0. The first-order valence-electron chi connectivity index (χ1n) is 7.21. The molecule has 0 unspecified atom stereocenters. The molecule has 0 saturated carbocycles. The molecule has 1 N–H and O–H groups in total. The Balaban J connectivity index is 1.73. The number of nitrogens with one attached hydrogen (secondary N) is 1. The second kappa shape index (κ2) is 5.49. The van der Waals surface area contributed by atoms with E-state index in [4.69, 9.17) is 0 Å². The van der Waals surface area contributed by atoms with Crippen LogP contribution < -0.4 is 5.32 Å². The lowest BCUT2D eigenvalue weighted by Crippen LogP contribution is -2.26. The Labute approximate surface area is 119 Å². The average Bonchev–Trinajstić information content (AvgIpc) is 2.95.